The van der Waals surface area contributed by atoms with Crippen molar-refractivity contribution in [3.05, 3.63) is 52.3 Å². The molecule has 2 aromatic rings. The summed E-state index contributed by atoms with van der Waals surface area (Å²) >= 11 is 5.93. The number of hydrogen-bond donors (Lipinski definition) is 0. The van der Waals surface area contributed by atoms with Gasteiger partial charge in [-0.05, 0) is 31.5 Å². The number of nitrogens with zero attached hydrogens (tertiary/aromatic N) is 4. The Morgan fingerprint density at radius 3 is 2.42 bits per heavy atom. The second kappa shape index (κ2) is 7.36. The number of aryl methyl sites for hydroxylation is 1. The number of rotatable bonds is 4. The lowest BCUT2D eigenvalue weighted by Crippen LogP contribution is -2.48. The van der Waals surface area contributed by atoms with E-state index < -0.39 is 0 Å². The molecule has 1 aliphatic heterocycles. The highest BCUT2D eigenvalue weighted by molar-refractivity contribution is 6.30. The lowest BCUT2D eigenvalue weighted by molar-refractivity contribution is 0.0627. The van der Waals surface area contributed by atoms with Gasteiger partial charge in [0.15, 0.2) is 0 Å². The second-order valence-corrected chi connectivity index (χ2v) is 6.59. The quantitative estimate of drug-likeness (QED) is 0.854. The third-order valence-electron chi connectivity index (χ3n) is 4.61. The van der Waals surface area contributed by atoms with E-state index in [4.69, 9.17) is 11.6 Å². The van der Waals surface area contributed by atoms with E-state index in [1.165, 1.54) is 5.56 Å². The van der Waals surface area contributed by atoms with Crippen molar-refractivity contribution in [2.45, 2.75) is 26.9 Å². The van der Waals surface area contributed by atoms with Crippen molar-refractivity contribution < 1.29 is 4.79 Å². The third-order valence-corrected chi connectivity index (χ3v) is 4.86. The summed E-state index contributed by atoms with van der Waals surface area (Å²) in [6.45, 7) is 8.95. The molecule has 24 heavy (non-hydrogen) atoms. The lowest BCUT2D eigenvalue weighted by Gasteiger charge is -2.34. The monoisotopic (exact) mass is 346 g/mol. The molecule has 0 radical (unpaired) electrons. The molecule has 1 fully saturated rings. The second-order valence-electron chi connectivity index (χ2n) is 6.15. The molecule has 1 amide bonds. The Bertz CT molecular complexity index is 702. The van der Waals surface area contributed by atoms with Gasteiger partial charge in [0, 0.05) is 50.0 Å². The van der Waals surface area contributed by atoms with Crippen LogP contribution in [-0.2, 0) is 13.1 Å². The maximum absolute atomic E-state index is 12.7. The molecule has 1 aliphatic rings. The maximum atomic E-state index is 12.7. The topological polar surface area (TPSA) is 41.4 Å². The van der Waals surface area contributed by atoms with E-state index in [2.05, 4.69) is 22.1 Å². The van der Waals surface area contributed by atoms with Crippen LogP contribution in [0.4, 0.5) is 0 Å². The number of hydrogen-bond acceptors (Lipinski definition) is 3. The molecule has 1 aromatic heterocycles. The van der Waals surface area contributed by atoms with Crippen LogP contribution < -0.4 is 0 Å². The molecule has 6 heteroatoms. The molecule has 0 atom stereocenters. The minimum absolute atomic E-state index is 0.0957. The molecule has 0 aliphatic carbocycles. The van der Waals surface area contributed by atoms with Gasteiger partial charge in [-0.15, -0.1) is 0 Å². The molecule has 2 heterocycles. The van der Waals surface area contributed by atoms with Crippen molar-refractivity contribution in [2.24, 2.45) is 0 Å². The van der Waals surface area contributed by atoms with Gasteiger partial charge >= 0.3 is 0 Å². The molecule has 0 saturated carbocycles. The standard InChI is InChI=1S/C18H23ClN4O/c1-3-23-14(2)17(12-20-23)18(24)22-10-8-21(9-11-22)13-15-4-6-16(19)7-5-15/h4-7,12H,3,8-11,13H2,1-2H3. The van der Waals surface area contributed by atoms with Crippen LogP contribution in [0.5, 0.6) is 0 Å². The van der Waals surface area contributed by atoms with Crippen molar-refractivity contribution in [1.29, 1.82) is 0 Å². The number of carbonyl (C=O) groups excluding carboxylic acids is 1. The Morgan fingerprint density at radius 1 is 1.17 bits per heavy atom. The van der Waals surface area contributed by atoms with Crippen molar-refractivity contribution >= 4 is 17.5 Å². The van der Waals surface area contributed by atoms with E-state index in [0.717, 1.165) is 55.5 Å². The molecule has 0 N–H and O–H groups in total. The molecule has 1 aromatic carbocycles. The number of carbonyl (C=O) groups is 1. The Hall–Kier alpha value is -1.85. The number of amides is 1. The average Bonchev–Trinajstić information content (AvgIpc) is 2.97. The van der Waals surface area contributed by atoms with E-state index >= 15 is 0 Å². The number of aromatic nitrogens is 2. The molecule has 0 spiro atoms. The van der Waals surface area contributed by atoms with Gasteiger partial charge in [-0.25, -0.2) is 0 Å². The average molecular weight is 347 g/mol. The van der Waals surface area contributed by atoms with Crippen LogP contribution in [0.2, 0.25) is 5.02 Å². The molecule has 5 nitrogen and oxygen atoms in total. The van der Waals surface area contributed by atoms with Crippen LogP contribution in [0.1, 0.15) is 28.5 Å². The van der Waals surface area contributed by atoms with Gasteiger partial charge in [0.05, 0.1) is 11.8 Å². The Morgan fingerprint density at radius 2 is 1.83 bits per heavy atom. The fourth-order valence-corrected chi connectivity index (χ4v) is 3.23. The van der Waals surface area contributed by atoms with Crippen molar-refractivity contribution in [3.63, 3.8) is 0 Å². The van der Waals surface area contributed by atoms with Crippen LogP contribution in [0, 0.1) is 6.92 Å². The minimum Gasteiger partial charge on any atom is -0.336 e. The normalized spacial score (nSPS) is 15.7. The van der Waals surface area contributed by atoms with Gasteiger partial charge in [-0.3, -0.25) is 14.4 Å². The molecule has 1 saturated heterocycles. The van der Waals surface area contributed by atoms with Crippen molar-refractivity contribution in [2.75, 3.05) is 26.2 Å². The summed E-state index contributed by atoms with van der Waals surface area (Å²) in [4.78, 5) is 17.0. The smallest absolute Gasteiger partial charge is 0.257 e. The largest absolute Gasteiger partial charge is 0.336 e. The van der Waals surface area contributed by atoms with Gasteiger partial charge in [0.25, 0.3) is 5.91 Å². The highest BCUT2D eigenvalue weighted by atomic mass is 35.5. The highest BCUT2D eigenvalue weighted by Crippen LogP contribution is 2.15. The molecule has 0 unspecified atom stereocenters. The summed E-state index contributed by atoms with van der Waals surface area (Å²) in [5.41, 5.74) is 2.92. The summed E-state index contributed by atoms with van der Waals surface area (Å²) in [6.07, 6.45) is 1.70. The van der Waals surface area contributed by atoms with Gasteiger partial charge in [-0.2, -0.15) is 5.10 Å². The zero-order valence-electron chi connectivity index (χ0n) is 14.2. The summed E-state index contributed by atoms with van der Waals surface area (Å²) in [5.74, 6) is 0.0957. The zero-order valence-corrected chi connectivity index (χ0v) is 15.0. The van der Waals surface area contributed by atoms with E-state index in [1.807, 2.05) is 35.6 Å². The van der Waals surface area contributed by atoms with E-state index in [-0.39, 0.29) is 5.91 Å². The van der Waals surface area contributed by atoms with Crippen LogP contribution in [0.3, 0.4) is 0 Å². The number of benzene rings is 1. The Labute approximate surface area is 147 Å². The van der Waals surface area contributed by atoms with E-state index in [9.17, 15) is 4.79 Å². The van der Waals surface area contributed by atoms with Crippen molar-refractivity contribution in [3.8, 4) is 0 Å². The van der Waals surface area contributed by atoms with Crippen LogP contribution in [0.15, 0.2) is 30.5 Å². The van der Waals surface area contributed by atoms with E-state index in [1.54, 1.807) is 6.20 Å². The third kappa shape index (κ3) is 3.62. The van der Waals surface area contributed by atoms with Gasteiger partial charge < -0.3 is 4.90 Å². The van der Waals surface area contributed by atoms with Gasteiger partial charge in [0.1, 0.15) is 0 Å². The fourth-order valence-electron chi connectivity index (χ4n) is 3.10. The predicted molar refractivity (Wildman–Crippen MR) is 95.3 cm³/mol. The van der Waals surface area contributed by atoms with Crippen LogP contribution >= 0.6 is 11.6 Å². The molecular formula is C18H23ClN4O. The van der Waals surface area contributed by atoms with Gasteiger partial charge in [0.2, 0.25) is 0 Å². The molecule has 0 bridgehead atoms. The first-order chi connectivity index (χ1) is 11.6. The molecule has 128 valence electrons. The minimum atomic E-state index is 0.0957. The summed E-state index contributed by atoms with van der Waals surface area (Å²) in [7, 11) is 0. The zero-order chi connectivity index (χ0) is 17.1. The molecule has 3 rings (SSSR count). The van der Waals surface area contributed by atoms with E-state index in [0.29, 0.717) is 0 Å². The fraction of sp³-hybridized carbons (Fsp3) is 0.444. The number of halogens is 1. The summed E-state index contributed by atoms with van der Waals surface area (Å²) < 4.78 is 1.87. The lowest BCUT2D eigenvalue weighted by atomic mass is 10.1. The Balaban J connectivity index is 1.57. The summed E-state index contributed by atoms with van der Waals surface area (Å²) in [5, 5.41) is 5.04. The van der Waals surface area contributed by atoms with Crippen LogP contribution in [0.25, 0.3) is 0 Å². The highest BCUT2D eigenvalue weighted by Gasteiger charge is 2.24. The SMILES string of the molecule is CCn1ncc(C(=O)N2CCN(Cc3ccc(Cl)cc3)CC2)c1C. The predicted octanol–water partition coefficient (Wildman–Crippen LogP) is 2.82. The number of piperazine rings is 1. The van der Waals surface area contributed by atoms with Crippen molar-refractivity contribution in [1.82, 2.24) is 19.6 Å². The first-order valence-electron chi connectivity index (χ1n) is 8.37. The first kappa shape index (κ1) is 17.0. The summed E-state index contributed by atoms with van der Waals surface area (Å²) in [6, 6.07) is 7.96. The first-order valence-corrected chi connectivity index (χ1v) is 8.74. The van der Waals surface area contributed by atoms with Crippen LogP contribution in [-0.4, -0.2) is 51.7 Å². The maximum Gasteiger partial charge on any atom is 0.257 e. The molecular weight excluding hydrogens is 324 g/mol. The van der Waals surface area contributed by atoms with Gasteiger partial charge in [-0.1, -0.05) is 23.7 Å². The Kier molecular flexibility index (Phi) is 5.21.